The number of rotatable bonds is 5. The van der Waals surface area contributed by atoms with E-state index in [4.69, 9.17) is 5.11 Å². The van der Waals surface area contributed by atoms with Crippen molar-refractivity contribution in [1.29, 1.82) is 0 Å². The number of hydrogen-bond acceptors (Lipinski definition) is 3. The molecule has 0 radical (unpaired) electrons. The number of aliphatic carboxylic acids is 1. The maximum absolute atomic E-state index is 11.8. The Hall–Kier alpha value is -0.910. The maximum atomic E-state index is 11.8. The van der Waals surface area contributed by atoms with Crippen molar-refractivity contribution in [1.82, 2.24) is 4.90 Å². The van der Waals surface area contributed by atoms with E-state index in [9.17, 15) is 13.8 Å². The summed E-state index contributed by atoms with van der Waals surface area (Å²) >= 11 is 0. The third-order valence-electron chi connectivity index (χ3n) is 2.79. The summed E-state index contributed by atoms with van der Waals surface area (Å²) in [5, 5.41) is 8.45. The molecule has 6 heteroatoms. The standard InChI is InChI=1S/C11H19NO4S/c13-10(9-17(16)8-5-11(14)15)12-6-3-1-2-4-7-12/h1-9H2,(H,14,15). The third-order valence-corrected chi connectivity index (χ3v) is 4.02. The van der Waals surface area contributed by atoms with E-state index in [1.807, 2.05) is 0 Å². The fourth-order valence-electron chi connectivity index (χ4n) is 1.82. The smallest absolute Gasteiger partial charge is 0.304 e. The summed E-state index contributed by atoms with van der Waals surface area (Å²) in [4.78, 5) is 23.9. The minimum Gasteiger partial charge on any atom is -0.481 e. The number of amides is 1. The van der Waals surface area contributed by atoms with Gasteiger partial charge in [-0.2, -0.15) is 0 Å². The lowest BCUT2D eigenvalue weighted by atomic mass is 10.2. The molecule has 0 aromatic heterocycles. The minimum absolute atomic E-state index is 0.0344. The summed E-state index contributed by atoms with van der Waals surface area (Å²) < 4.78 is 11.5. The van der Waals surface area contributed by atoms with Crippen molar-refractivity contribution in [2.45, 2.75) is 32.1 Å². The highest BCUT2D eigenvalue weighted by Gasteiger charge is 2.17. The molecule has 0 spiro atoms. The van der Waals surface area contributed by atoms with Crippen LogP contribution in [0.2, 0.25) is 0 Å². The van der Waals surface area contributed by atoms with Crippen molar-refractivity contribution in [2.75, 3.05) is 24.6 Å². The summed E-state index contributed by atoms with van der Waals surface area (Å²) in [7, 11) is -1.35. The van der Waals surface area contributed by atoms with E-state index in [1.165, 1.54) is 0 Å². The molecule has 0 bridgehead atoms. The van der Waals surface area contributed by atoms with Crippen LogP contribution in [0.4, 0.5) is 0 Å². The predicted octanol–water partition coefficient (Wildman–Crippen LogP) is 0.612. The van der Waals surface area contributed by atoms with Crippen LogP contribution in [0.5, 0.6) is 0 Å². The fraction of sp³-hybridized carbons (Fsp3) is 0.818. The normalized spacial score (nSPS) is 18.5. The SMILES string of the molecule is O=C(O)CCS(=O)CC(=O)N1CCCCCC1. The number of hydrogen-bond donors (Lipinski definition) is 1. The molecule has 1 fully saturated rings. The van der Waals surface area contributed by atoms with Crippen molar-refractivity contribution in [2.24, 2.45) is 0 Å². The number of likely N-dealkylation sites (tertiary alicyclic amines) is 1. The second kappa shape index (κ2) is 7.42. The monoisotopic (exact) mass is 261 g/mol. The molecule has 0 aromatic rings. The molecular formula is C11H19NO4S. The lowest BCUT2D eigenvalue weighted by Gasteiger charge is -2.19. The Balaban J connectivity index is 2.31. The quantitative estimate of drug-likeness (QED) is 0.787. The molecule has 0 saturated carbocycles. The molecule has 1 atom stereocenters. The zero-order valence-corrected chi connectivity index (χ0v) is 10.7. The zero-order valence-electron chi connectivity index (χ0n) is 9.89. The first-order valence-corrected chi connectivity index (χ1v) is 7.43. The number of carbonyl (C=O) groups is 2. The number of carbonyl (C=O) groups excluding carboxylic acids is 1. The molecule has 1 rings (SSSR count). The van der Waals surface area contributed by atoms with Crippen LogP contribution in [0.25, 0.3) is 0 Å². The van der Waals surface area contributed by atoms with Crippen LogP contribution in [0.15, 0.2) is 0 Å². The number of nitrogens with zero attached hydrogens (tertiary/aromatic N) is 1. The van der Waals surface area contributed by atoms with Crippen molar-refractivity contribution in [3.05, 3.63) is 0 Å². The molecule has 1 heterocycles. The highest BCUT2D eigenvalue weighted by Crippen LogP contribution is 2.10. The molecule has 17 heavy (non-hydrogen) atoms. The van der Waals surface area contributed by atoms with Gasteiger partial charge in [-0.15, -0.1) is 0 Å². The topological polar surface area (TPSA) is 74.7 Å². The molecule has 5 nitrogen and oxygen atoms in total. The molecule has 1 saturated heterocycles. The van der Waals surface area contributed by atoms with Crippen molar-refractivity contribution < 1.29 is 18.9 Å². The molecular weight excluding hydrogens is 242 g/mol. The van der Waals surface area contributed by atoms with Crippen molar-refractivity contribution >= 4 is 22.7 Å². The van der Waals surface area contributed by atoms with Gasteiger partial charge in [0.1, 0.15) is 5.75 Å². The van der Waals surface area contributed by atoms with Crippen LogP contribution in [0.1, 0.15) is 32.1 Å². The molecule has 98 valence electrons. The Kier molecular flexibility index (Phi) is 6.18. The summed E-state index contributed by atoms with van der Waals surface area (Å²) in [5.41, 5.74) is 0. The first kappa shape index (κ1) is 14.2. The summed E-state index contributed by atoms with van der Waals surface area (Å²) in [6.07, 6.45) is 4.17. The maximum Gasteiger partial charge on any atom is 0.304 e. The van der Waals surface area contributed by atoms with Gasteiger partial charge in [-0.3, -0.25) is 13.8 Å². The highest BCUT2D eigenvalue weighted by molar-refractivity contribution is 7.85. The van der Waals surface area contributed by atoms with E-state index < -0.39 is 16.8 Å². The summed E-state index contributed by atoms with van der Waals surface area (Å²) in [6, 6.07) is 0. The van der Waals surface area contributed by atoms with Gasteiger partial charge < -0.3 is 10.0 Å². The van der Waals surface area contributed by atoms with E-state index in [2.05, 4.69) is 0 Å². The Morgan fingerprint density at radius 1 is 1.12 bits per heavy atom. The second-order valence-corrected chi connectivity index (χ2v) is 5.80. The van der Waals surface area contributed by atoms with Crippen molar-refractivity contribution in [3.8, 4) is 0 Å². The Labute approximate surface area is 104 Å². The van der Waals surface area contributed by atoms with Gasteiger partial charge in [0.05, 0.1) is 6.42 Å². The molecule has 0 aromatic carbocycles. The number of carboxylic acid groups (broad SMARTS) is 1. The molecule has 1 N–H and O–H groups in total. The van der Waals surface area contributed by atoms with Gasteiger partial charge in [0.15, 0.2) is 0 Å². The molecule has 0 aliphatic carbocycles. The van der Waals surface area contributed by atoms with Crippen LogP contribution < -0.4 is 0 Å². The summed E-state index contributed by atoms with van der Waals surface area (Å²) in [6.45, 7) is 1.49. The average Bonchev–Trinajstić information content (AvgIpc) is 2.54. The first-order valence-electron chi connectivity index (χ1n) is 5.94. The van der Waals surface area contributed by atoms with Gasteiger partial charge in [0, 0.05) is 29.6 Å². The zero-order chi connectivity index (χ0) is 12.7. The van der Waals surface area contributed by atoms with Crippen LogP contribution in [0, 0.1) is 0 Å². The van der Waals surface area contributed by atoms with Crippen LogP contribution >= 0.6 is 0 Å². The van der Waals surface area contributed by atoms with E-state index in [0.29, 0.717) is 0 Å². The average molecular weight is 261 g/mol. The minimum atomic E-state index is -1.35. The van der Waals surface area contributed by atoms with E-state index >= 15 is 0 Å². The van der Waals surface area contributed by atoms with Gasteiger partial charge >= 0.3 is 5.97 Å². The molecule has 1 amide bonds. The van der Waals surface area contributed by atoms with E-state index in [-0.39, 0.29) is 23.8 Å². The first-order chi connectivity index (χ1) is 8.09. The lowest BCUT2D eigenvalue weighted by molar-refractivity contribution is -0.136. The van der Waals surface area contributed by atoms with Gasteiger partial charge in [-0.05, 0) is 12.8 Å². The van der Waals surface area contributed by atoms with Gasteiger partial charge in [-0.1, -0.05) is 12.8 Å². The largest absolute Gasteiger partial charge is 0.481 e. The van der Waals surface area contributed by atoms with Crippen molar-refractivity contribution in [3.63, 3.8) is 0 Å². The molecule has 1 aliphatic rings. The van der Waals surface area contributed by atoms with Gasteiger partial charge in [0.25, 0.3) is 0 Å². The Morgan fingerprint density at radius 2 is 1.71 bits per heavy atom. The van der Waals surface area contributed by atoms with Crippen LogP contribution in [-0.4, -0.2) is 50.7 Å². The van der Waals surface area contributed by atoms with E-state index in [1.54, 1.807) is 4.90 Å². The van der Waals surface area contributed by atoms with Gasteiger partial charge in [0.2, 0.25) is 5.91 Å². The fourth-order valence-corrected chi connectivity index (χ4v) is 2.83. The summed E-state index contributed by atoms with van der Waals surface area (Å²) in [5.74, 6) is -1.04. The van der Waals surface area contributed by atoms with Crippen LogP contribution in [-0.2, 0) is 20.4 Å². The predicted molar refractivity (Wildman–Crippen MR) is 65.2 cm³/mol. The molecule has 1 aliphatic heterocycles. The van der Waals surface area contributed by atoms with Crippen LogP contribution in [0.3, 0.4) is 0 Å². The van der Waals surface area contributed by atoms with Gasteiger partial charge in [-0.25, -0.2) is 0 Å². The Morgan fingerprint density at radius 3 is 2.24 bits per heavy atom. The second-order valence-electron chi connectivity index (χ2n) is 4.23. The number of carboxylic acids is 1. The molecule has 1 unspecified atom stereocenters. The third kappa shape index (κ3) is 5.81. The van der Waals surface area contributed by atoms with E-state index in [0.717, 1.165) is 38.8 Å². The lowest BCUT2D eigenvalue weighted by Crippen LogP contribution is -2.35. The highest BCUT2D eigenvalue weighted by atomic mass is 32.2. The Bertz CT molecular complexity index is 298.